The molecule has 2 unspecified atom stereocenters. The van der Waals surface area contributed by atoms with Crippen LogP contribution < -0.4 is 14.8 Å². The third-order valence-electron chi connectivity index (χ3n) is 5.58. The molecule has 1 fully saturated rings. The fourth-order valence-corrected chi connectivity index (χ4v) is 3.32. The van der Waals surface area contributed by atoms with Gasteiger partial charge in [-0.05, 0) is 56.7 Å². The molecule has 9 heteroatoms. The Hall–Kier alpha value is -3.85. The Morgan fingerprint density at radius 2 is 1.71 bits per heavy atom. The Bertz CT molecular complexity index is 1170. The van der Waals surface area contributed by atoms with Crippen molar-refractivity contribution in [1.29, 1.82) is 0 Å². The van der Waals surface area contributed by atoms with Gasteiger partial charge in [-0.2, -0.15) is 5.10 Å². The zero-order chi connectivity index (χ0) is 24.2. The number of aliphatic hydroxyl groups is 1. The van der Waals surface area contributed by atoms with Crippen molar-refractivity contribution in [3.8, 4) is 17.2 Å². The predicted octanol–water partition coefficient (Wildman–Crippen LogP) is 3.46. The first-order valence-corrected chi connectivity index (χ1v) is 11.2. The van der Waals surface area contributed by atoms with E-state index in [1.54, 1.807) is 85.2 Å². The fourth-order valence-electron chi connectivity index (χ4n) is 3.32. The number of benzene rings is 2. The summed E-state index contributed by atoms with van der Waals surface area (Å²) in [7, 11) is 1.76. The van der Waals surface area contributed by atoms with Crippen LogP contribution in [0.15, 0.2) is 54.7 Å². The Kier molecular flexibility index (Phi) is 6.83. The van der Waals surface area contributed by atoms with Crippen LogP contribution in [0.1, 0.15) is 41.0 Å². The molecule has 0 saturated carbocycles. The normalized spacial score (nSPS) is 14.6. The molecule has 2 heterocycles. The Morgan fingerprint density at radius 3 is 2.29 bits per heavy atom. The largest absolute Gasteiger partial charge is 0.488 e. The van der Waals surface area contributed by atoms with Crippen molar-refractivity contribution in [2.75, 3.05) is 18.4 Å². The first-order valence-electron chi connectivity index (χ1n) is 11.2. The van der Waals surface area contributed by atoms with E-state index >= 15 is 0 Å². The van der Waals surface area contributed by atoms with E-state index in [2.05, 4.69) is 10.4 Å². The molecule has 9 nitrogen and oxygen atoms in total. The van der Waals surface area contributed by atoms with Crippen LogP contribution in [-0.2, 0) is 7.05 Å². The van der Waals surface area contributed by atoms with Gasteiger partial charge < -0.3 is 24.8 Å². The summed E-state index contributed by atoms with van der Waals surface area (Å²) in [5.74, 6) is 1.31. The van der Waals surface area contributed by atoms with Crippen molar-refractivity contribution < 1.29 is 24.2 Å². The van der Waals surface area contributed by atoms with Crippen molar-refractivity contribution >= 4 is 17.6 Å². The van der Waals surface area contributed by atoms with Crippen molar-refractivity contribution in [2.24, 2.45) is 7.05 Å². The van der Waals surface area contributed by atoms with E-state index in [1.165, 1.54) is 0 Å². The summed E-state index contributed by atoms with van der Waals surface area (Å²) in [4.78, 5) is 27.0. The van der Waals surface area contributed by atoms with Gasteiger partial charge in [0.1, 0.15) is 23.4 Å². The Balaban J connectivity index is 1.55. The zero-order valence-electron chi connectivity index (χ0n) is 19.4. The van der Waals surface area contributed by atoms with Crippen LogP contribution >= 0.6 is 0 Å². The minimum absolute atomic E-state index is 0.00814. The molecule has 4 rings (SSSR count). The summed E-state index contributed by atoms with van der Waals surface area (Å²) >= 11 is 0. The van der Waals surface area contributed by atoms with E-state index < -0.39 is 12.2 Å². The van der Waals surface area contributed by atoms with Crippen LogP contribution in [0, 0.1) is 0 Å². The van der Waals surface area contributed by atoms with Crippen LogP contribution in [0.3, 0.4) is 0 Å². The van der Waals surface area contributed by atoms with Gasteiger partial charge in [0.05, 0.1) is 6.10 Å². The quantitative estimate of drug-likeness (QED) is 0.529. The molecular formula is C25H28N4O5. The fraction of sp³-hybridized carbons (Fsp3) is 0.320. The molecule has 2 amide bonds. The van der Waals surface area contributed by atoms with E-state index in [0.717, 1.165) is 19.5 Å². The number of anilines is 1. The number of rotatable bonds is 8. The van der Waals surface area contributed by atoms with Gasteiger partial charge in [-0.25, -0.2) is 0 Å². The minimum atomic E-state index is -0.702. The first kappa shape index (κ1) is 23.3. The second-order valence-electron chi connectivity index (χ2n) is 8.36. The number of likely N-dealkylation sites (tertiary alicyclic amines) is 1. The maximum Gasteiger partial charge on any atom is 0.257 e. The van der Waals surface area contributed by atoms with Crippen LogP contribution in [0.5, 0.6) is 17.2 Å². The molecule has 0 radical (unpaired) electrons. The zero-order valence-corrected chi connectivity index (χ0v) is 19.4. The van der Waals surface area contributed by atoms with E-state index in [1.807, 2.05) is 0 Å². The molecule has 1 aliphatic heterocycles. The third kappa shape index (κ3) is 5.55. The number of nitrogens with one attached hydrogen (secondary N) is 1. The molecule has 2 aromatic carbocycles. The molecular weight excluding hydrogens is 436 g/mol. The maximum atomic E-state index is 12.9. The number of aromatic nitrogens is 2. The molecule has 1 aliphatic rings. The second kappa shape index (κ2) is 9.96. The summed E-state index contributed by atoms with van der Waals surface area (Å²) in [6.07, 6.45) is 1.57. The summed E-state index contributed by atoms with van der Waals surface area (Å²) in [6.45, 7) is 4.94. The van der Waals surface area contributed by atoms with Gasteiger partial charge in [0.2, 0.25) is 0 Å². The molecule has 2 atom stereocenters. The number of ether oxygens (including phenoxy) is 2. The van der Waals surface area contributed by atoms with E-state index in [4.69, 9.17) is 9.47 Å². The van der Waals surface area contributed by atoms with Gasteiger partial charge in [-0.3, -0.25) is 14.3 Å². The number of hydrogen-bond acceptors (Lipinski definition) is 6. The van der Waals surface area contributed by atoms with Crippen LogP contribution in [0.25, 0.3) is 0 Å². The molecule has 3 aromatic rings. The Labute approximate surface area is 197 Å². The second-order valence-corrected chi connectivity index (χ2v) is 8.36. The molecule has 1 saturated heterocycles. The Morgan fingerprint density at radius 1 is 1.00 bits per heavy atom. The highest BCUT2D eigenvalue weighted by molar-refractivity contribution is 6.04. The van der Waals surface area contributed by atoms with Crippen LogP contribution in [0.4, 0.5) is 5.82 Å². The number of carbonyl (C=O) groups is 2. The first-order chi connectivity index (χ1) is 16.3. The van der Waals surface area contributed by atoms with Gasteiger partial charge in [-0.15, -0.1) is 0 Å². The van der Waals surface area contributed by atoms with Crippen LogP contribution in [0.2, 0.25) is 0 Å². The van der Waals surface area contributed by atoms with E-state index in [0.29, 0.717) is 34.2 Å². The lowest BCUT2D eigenvalue weighted by Crippen LogP contribution is -2.41. The summed E-state index contributed by atoms with van der Waals surface area (Å²) in [6, 6.07) is 13.4. The average Bonchev–Trinajstić information content (AvgIpc) is 3.17. The predicted molar refractivity (Wildman–Crippen MR) is 126 cm³/mol. The number of aryl methyl sites for hydroxylation is 1. The lowest BCUT2D eigenvalue weighted by atomic mass is 10.1. The van der Waals surface area contributed by atoms with E-state index in [9.17, 15) is 14.7 Å². The van der Waals surface area contributed by atoms with Gasteiger partial charge in [0, 0.05) is 49.6 Å². The molecule has 0 spiro atoms. The minimum Gasteiger partial charge on any atom is -0.488 e. The van der Waals surface area contributed by atoms with E-state index in [-0.39, 0.29) is 11.8 Å². The third-order valence-corrected chi connectivity index (χ3v) is 5.58. The van der Waals surface area contributed by atoms with Crippen molar-refractivity contribution in [3.05, 3.63) is 65.9 Å². The van der Waals surface area contributed by atoms with Crippen molar-refractivity contribution in [1.82, 2.24) is 14.7 Å². The summed E-state index contributed by atoms with van der Waals surface area (Å²) in [5, 5.41) is 16.7. The average molecular weight is 465 g/mol. The van der Waals surface area contributed by atoms with Crippen molar-refractivity contribution in [3.63, 3.8) is 0 Å². The highest BCUT2D eigenvalue weighted by Crippen LogP contribution is 2.29. The maximum absolute atomic E-state index is 12.9. The topological polar surface area (TPSA) is 106 Å². The molecule has 178 valence electrons. The molecule has 34 heavy (non-hydrogen) atoms. The van der Waals surface area contributed by atoms with Crippen LogP contribution in [-0.4, -0.2) is 56.9 Å². The highest BCUT2D eigenvalue weighted by atomic mass is 16.5. The number of aliphatic hydroxyl groups excluding tert-OH is 1. The molecule has 2 N–H and O–H groups in total. The van der Waals surface area contributed by atoms with Gasteiger partial charge in [0.25, 0.3) is 11.8 Å². The monoisotopic (exact) mass is 464 g/mol. The molecule has 0 bridgehead atoms. The molecule has 0 aliphatic carbocycles. The van der Waals surface area contributed by atoms with Crippen molar-refractivity contribution in [2.45, 2.75) is 32.5 Å². The summed E-state index contributed by atoms with van der Waals surface area (Å²) in [5.41, 5.74) is 0.908. The highest BCUT2D eigenvalue weighted by Gasteiger charge is 2.21. The smallest absolute Gasteiger partial charge is 0.257 e. The standard InChI is InChI=1S/C25H28N4O5/c1-16(30)17(2)33-21-13-19(24(31)26-23-9-12-28(3)27-23)14-22(15-21)34-20-7-5-18(6-8-20)25(32)29-10-4-11-29/h5-9,12-17,30H,4,10-11H2,1-3H3,(H,26,27,31). The lowest BCUT2D eigenvalue weighted by molar-refractivity contribution is 0.0602. The molecule has 1 aromatic heterocycles. The summed E-state index contributed by atoms with van der Waals surface area (Å²) < 4.78 is 13.4. The SMILES string of the molecule is CC(O)C(C)Oc1cc(Oc2ccc(C(=O)N3CCC3)cc2)cc(C(=O)Nc2ccn(C)n2)c1. The lowest BCUT2D eigenvalue weighted by Gasteiger charge is -2.30. The van der Waals surface area contributed by atoms with Gasteiger partial charge >= 0.3 is 0 Å². The number of amides is 2. The number of hydrogen-bond donors (Lipinski definition) is 2. The van der Waals surface area contributed by atoms with Gasteiger partial charge in [0.15, 0.2) is 5.82 Å². The van der Waals surface area contributed by atoms with Gasteiger partial charge in [-0.1, -0.05) is 0 Å². The number of carbonyl (C=O) groups excluding carboxylic acids is 2. The number of nitrogens with zero attached hydrogens (tertiary/aromatic N) is 3.